The molecule has 0 spiro atoms. The molecule has 5 nitrogen and oxygen atoms in total. The van der Waals surface area contributed by atoms with Gasteiger partial charge in [-0.2, -0.15) is 0 Å². The maximum atomic E-state index is 11.5. The number of carboxylic acid groups (broad SMARTS) is 1. The molecule has 92 valence electrons. The molecule has 5 heteroatoms. The highest BCUT2D eigenvalue weighted by Crippen LogP contribution is 2.05. The van der Waals surface area contributed by atoms with E-state index >= 15 is 0 Å². The van der Waals surface area contributed by atoms with Gasteiger partial charge in [-0.1, -0.05) is 12.1 Å². The topological polar surface area (TPSA) is 72.2 Å². The highest BCUT2D eigenvalue weighted by molar-refractivity contribution is 5.87. The summed E-state index contributed by atoms with van der Waals surface area (Å²) >= 11 is 0. The molecule has 0 radical (unpaired) electrons. The molecule has 1 N–H and O–H groups in total. The molecule has 2 rings (SSSR count). The number of carboxylic acids is 1. The SMILES string of the molecule is Cc1cnc(=O)n(Cc2ccc(C(=O)O)cc2)c1. The molecule has 0 atom stereocenters. The van der Waals surface area contributed by atoms with E-state index < -0.39 is 5.97 Å². The lowest BCUT2D eigenvalue weighted by Gasteiger charge is -2.06. The highest BCUT2D eigenvalue weighted by Gasteiger charge is 2.03. The zero-order valence-electron chi connectivity index (χ0n) is 9.83. The van der Waals surface area contributed by atoms with Gasteiger partial charge in [-0.3, -0.25) is 4.57 Å². The van der Waals surface area contributed by atoms with E-state index in [2.05, 4.69) is 4.98 Å². The van der Waals surface area contributed by atoms with Crippen molar-refractivity contribution < 1.29 is 9.90 Å². The zero-order chi connectivity index (χ0) is 13.1. The first-order chi connectivity index (χ1) is 8.56. The molecule has 0 saturated heterocycles. The summed E-state index contributed by atoms with van der Waals surface area (Å²) in [6.07, 6.45) is 3.24. The predicted molar refractivity (Wildman–Crippen MR) is 65.7 cm³/mol. The fourth-order valence-electron chi connectivity index (χ4n) is 1.63. The van der Waals surface area contributed by atoms with Crippen LogP contribution in [0.5, 0.6) is 0 Å². The van der Waals surface area contributed by atoms with Gasteiger partial charge < -0.3 is 5.11 Å². The minimum Gasteiger partial charge on any atom is -0.478 e. The Morgan fingerprint density at radius 3 is 2.61 bits per heavy atom. The summed E-state index contributed by atoms with van der Waals surface area (Å²) in [5, 5.41) is 8.78. The molecule has 0 amide bonds. The third kappa shape index (κ3) is 2.63. The van der Waals surface area contributed by atoms with Crippen LogP contribution in [0.2, 0.25) is 0 Å². The first-order valence-corrected chi connectivity index (χ1v) is 5.41. The monoisotopic (exact) mass is 244 g/mol. The van der Waals surface area contributed by atoms with Crippen LogP contribution in [0, 0.1) is 6.92 Å². The van der Waals surface area contributed by atoms with E-state index in [0.717, 1.165) is 11.1 Å². The van der Waals surface area contributed by atoms with E-state index in [1.807, 2.05) is 6.92 Å². The molecule has 0 fully saturated rings. The summed E-state index contributed by atoms with van der Waals surface area (Å²) in [6.45, 7) is 2.24. The molecule has 0 saturated carbocycles. The van der Waals surface area contributed by atoms with Gasteiger partial charge in [0.05, 0.1) is 12.1 Å². The van der Waals surface area contributed by atoms with Crippen LogP contribution in [0.4, 0.5) is 0 Å². The number of aryl methyl sites for hydroxylation is 1. The van der Waals surface area contributed by atoms with Crippen LogP contribution in [-0.4, -0.2) is 20.6 Å². The van der Waals surface area contributed by atoms with E-state index in [4.69, 9.17) is 5.11 Å². The Morgan fingerprint density at radius 2 is 2.00 bits per heavy atom. The quantitative estimate of drug-likeness (QED) is 0.883. The molecule has 18 heavy (non-hydrogen) atoms. The van der Waals surface area contributed by atoms with Crippen LogP contribution in [0.15, 0.2) is 41.5 Å². The molecule has 0 bridgehead atoms. The number of carbonyl (C=O) groups is 1. The average Bonchev–Trinajstić information content (AvgIpc) is 2.34. The van der Waals surface area contributed by atoms with E-state index in [9.17, 15) is 9.59 Å². The lowest BCUT2D eigenvalue weighted by Crippen LogP contribution is -2.22. The average molecular weight is 244 g/mol. The van der Waals surface area contributed by atoms with E-state index in [1.54, 1.807) is 18.3 Å². The first-order valence-electron chi connectivity index (χ1n) is 5.41. The van der Waals surface area contributed by atoms with Crippen molar-refractivity contribution in [3.63, 3.8) is 0 Å². The standard InChI is InChI=1S/C13H12N2O3/c1-9-6-14-13(18)15(7-9)8-10-2-4-11(5-3-10)12(16)17/h2-7H,8H2,1H3,(H,16,17). The maximum Gasteiger partial charge on any atom is 0.347 e. The molecule has 2 aromatic rings. The van der Waals surface area contributed by atoms with Crippen LogP contribution >= 0.6 is 0 Å². The Morgan fingerprint density at radius 1 is 1.33 bits per heavy atom. The normalized spacial score (nSPS) is 10.3. The second-order valence-electron chi connectivity index (χ2n) is 4.04. The first kappa shape index (κ1) is 12.0. The van der Waals surface area contributed by atoms with Crippen molar-refractivity contribution >= 4 is 5.97 Å². The largest absolute Gasteiger partial charge is 0.478 e. The molecule has 0 aliphatic heterocycles. The Labute approximate surface area is 103 Å². The van der Waals surface area contributed by atoms with Crippen molar-refractivity contribution in [3.05, 3.63) is 63.8 Å². The van der Waals surface area contributed by atoms with Crippen LogP contribution in [0.3, 0.4) is 0 Å². The molecule has 1 heterocycles. The van der Waals surface area contributed by atoms with E-state index in [0.29, 0.717) is 6.54 Å². The number of aromatic carboxylic acids is 1. The van der Waals surface area contributed by atoms with Gasteiger partial charge in [-0.25, -0.2) is 14.6 Å². The van der Waals surface area contributed by atoms with Crippen LogP contribution in [-0.2, 0) is 6.54 Å². The Balaban J connectivity index is 2.26. The number of nitrogens with zero attached hydrogens (tertiary/aromatic N) is 2. The molecule has 0 aliphatic rings. The lowest BCUT2D eigenvalue weighted by molar-refractivity contribution is 0.0697. The van der Waals surface area contributed by atoms with Gasteiger partial charge >= 0.3 is 11.7 Å². The number of rotatable bonds is 3. The summed E-state index contributed by atoms with van der Waals surface area (Å²) in [6, 6.07) is 6.42. The Bertz CT molecular complexity index is 629. The second kappa shape index (κ2) is 4.83. The molecule has 0 unspecified atom stereocenters. The van der Waals surface area contributed by atoms with Crippen molar-refractivity contribution in [2.45, 2.75) is 13.5 Å². The molecule has 0 aliphatic carbocycles. The van der Waals surface area contributed by atoms with Crippen LogP contribution in [0.25, 0.3) is 0 Å². The predicted octanol–water partition coefficient (Wildman–Crippen LogP) is 1.30. The minimum atomic E-state index is -0.962. The van der Waals surface area contributed by atoms with Crippen LogP contribution in [0.1, 0.15) is 21.5 Å². The summed E-state index contributed by atoms with van der Waals surface area (Å²) in [5.74, 6) is -0.962. The van der Waals surface area contributed by atoms with Crippen molar-refractivity contribution in [2.24, 2.45) is 0 Å². The number of hydrogen-bond donors (Lipinski definition) is 1. The van der Waals surface area contributed by atoms with Gasteiger partial charge in [0.25, 0.3) is 0 Å². The van der Waals surface area contributed by atoms with Crippen molar-refractivity contribution in [2.75, 3.05) is 0 Å². The maximum absolute atomic E-state index is 11.5. The van der Waals surface area contributed by atoms with Crippen LogP contribution < -0.4 is 5.69 Å². The van der Waals surface area contributed by atoms with Gasteiger partial charge in [0.15, 0.2) is 0 Å². The third-order valence-corrected chi connectivity index (χ3v) is 2.54. The van der Waals surface area contributed by atoms with Crippen molar-refractivity contribution in [3.8, 4) is 0 Å². The Kier molecular flexibility index (Phi) is 3.23. The molecule has 1 aromatic carbocycles. The summed E-state index contributed by atoms with van der Waals surface area (Å²) in [5.41, 5.74) is 1.67. The fraction of sp³-hybridized carbons (Fsp3) is 0.154. The number of benzene rings is 1. The smallest absolute Gasteiger partial charge is 0.347 e. The van der Waals surface area contributed by atoms with Gasteiger partial charge in [-0.15, -0.1) is 0 Å². The van der Waals surface area contributed by atoms with Gasteiger partial charge in [0.1, 0.15) is 0 Å². The highest BCUT2D eigenvalue weighted by atomic mass is 16.4. The van der Waals surface area contributed by atoms with Crippen molar-refractivity contribution in [1.82, 2.24) is 9.55 Å². The second-order valence-corrected chi connectivity index (χ2v) is 4.04. The number of aromatic nitrogens is 2. The molecular formula is C13H12N2O3. The van der Waals surface area contributed by atoms with E-state index in [1.165, 1.54) is 22.9 Å². The van der Waals surface area contributed by atoms with Crippen molar-refractivity contribution in [1.29, 1.82) is 0 Å². The Hall–Kier alpha value is -2.43. The number of hydrogen-bond acceptors (Lipinski definition) is 3. The molecular weight excluding hydrogens is 232 g/mol. The lowest BCUT2D eigenvalue weighted by atomic mass is 10.1. The zero-order valence-corrected chi connectivity index (χ0v) is 9.83. The fourth-order valence-corrected chi connectivity index (χ4v) is 1.63. The van der Waals surface area contributed by atoms with Gasteiger partial charge in [0.2, 0.25) is 0 Å². The summed E-state index contributed by atoms with van der Waals surface area (Å²) in [4.78, 5) is 25.9. The van der Waals surface area contributed by atoms with E-state index in [-0.39, 0.29) is 11.3 Å². The third-order valence-electron chi connectivity index (χ3n) is 2.54. The summed E-state index contributed by atoms with van der Waals surface area (Å²) < 4.78 is 1.49. The minimum absolute atomic E-state index is 0.230. The summed E-state index contributed by atoms with van der Waals surface area (Å²) in [7, 11) is 0. The van der Waals surface area contributed by atoms with Gasteiger partial charge in [-0.05, 0) is 30.2 Å². The van der Waals surface area contributed by atoms with Gasteiger partial charge in [0, 0.05) is 12.4 Å². The molecule has 1 aromatic heterocycles.